The minimum absolute atomic E-state index is 0.295. The summed E-state index contributed by atoms with van der Waals surface area (Å²) in [6.45, 7) is 1.37. The predicted molar refractivity (Wildman–Crippen MR) is 73.4 cm³/mol. The first-order valence-corrected chi connectivity index (χ1v) is 6.89. The van der Waals surface area contributed by atoms with Crippen LogP contribution in [0.3, 0.4) is 0 Å². The second-order valence-corrected chi connectivity index (χ2v) is 5.04. The number of ether oxygens (including phenoxy) is 1. The normalized spacial score (nSPS) is 11.3. The van der Waals surface area contributed by atoms with Crippen LogP contribution >= 0.6 is 27.5 Å². The lowest BCUT2D eigenvalue weighted by atomic mass is 10.3. The Balaban J connectivity index is 2.44. The van der Waals surface area contributed by atoms with Crippen molar-refractivity contribution in [2.24, 2.45) is 0 Å². The molecular weight excluding hydrogens is 322 g/mol. The summed E-state index contributed by atoms with van der Waals surface area (Å²) < 4.78 is 21.0. The van der Waals surface area contributed by atoms with Crippen molar-refractivity contribution < 1.29 is 9.13 Å². The fourth-order valence-electron chi connectivity index (χ4n) is 1.89. The third-order valence-corrected chi connectivity index (χ3v) is 3.57. The van der Waals surface area contributed by atoms with E-state index < -0.39 is 0 Å². The summed E-state index contributed by atoms with van der Waals surface area (Å²) in [5.41, 5.74) is 1.51. The van der Waals surface area contributed by atoms with E-state index in [2.05, 4.69) is 20.9 Å². The Bertz CT molecular complexity index is 558. The lowest BCUT2D eigenvalue weighted by Crippen LogP contribution is -2.05. The van der Waals surface area contributed by atoms with Crippen LogP contribution in [0.4, 0.5) is 4.39 Å². The van der Waals surface area contributed by atoms with Gasteiger partial charge in [-0.05, 0) is 28.4 Å². The summed E-state index contributed by atoms with van der Waals surface area (Å²) in [5.74, 6) is 0.762. The van der Waals surface area contributed by atoms with Crippen LogP contribution in [0.1, 0.15) is 12.2 Å². The molecule has 0 aliphatic carbocycles. The SMILES string of the molecule is COCCCn1c(CCl)nc2cc(Br)c(F)cc21. The van der Waals surface area contributed by atoms with E-state index >= 15 is 0 Å². The van der Waals surface area contributed by atoms with Gasteiger partial charge >= 0.3 is 0 Å². The highest BCUT2D eigenvalue weighted by Gasteiger charge is 2.12. The molecule has 0 radical (unpaired) electrons. The number of aryl methyl sites for hydroxylation is 1. The van der Waals surface area contributed by atoms with Gasteiger partial charge in [-0.25, -0.2) is 9.37 Å². The molecule has 1 aromatic heterocycles. The molecule has 18 heavy (non-hydrogen) atoms. The zero-order valence-electron chi connectivity index (χ0n) is 9.92. The largest absolute Gasteiger partial charge is 0.385 e. The van der Waals surface area contributed by atoms with Crippen LogP contribution in [0.15, 0.2) is 16.6 Å². The molecule has 0 N–H and O–H groups in total. The van der Waals surface area contributed by atoms with Crippen LogP contribution in [0.5, 0.6) is 0 Å². The van der Waals surface area contributed by atoms with Crippen LogP contribution in [-0.2, 0) is 17.2 Å². The number of rotatable bonds is 5. The zero-order valence-corrected chi connectivity index (χ0v) is 12.3. The highest BCUT2D eigenvalue weighted by molar-refractivity contribution is 9.10. The maximum Gasteiger partial charge on any atom is 0.139 e. The molecule has 0 fully saturated rings. The molecule has 0 saturated heterocycles. The molecule has 0 unspecified atom stereocenters. The van der Waals surface area contributed by atoms with Gasteiger partial charge in [0.1, 0.15) is 11.6 Å². The summed E-state index contributed by atoms with van der Waals surface area (Å²) in [6, 6.07) is 3.16. The van der Waals surface area contributed by atoms with Gasteiger partial charge in [-0.3, -0.25) is 0 Å². The Kier molecular flexibility index (Phi) is 4.59. The van der Waals surface area contributed by atoms with E-state index in [1.807, 2.05) is 4.57 Å². The van der Waals surface area contributed by atoms with Gasteiger partial charge < -0.3 is 9.30 Å². The molecule has 0 atom stereocenters. The average molecular weight is 336 g/mol. The minimum atomic E-state index is -0.295. The molecule has 1 aromatic carbocycles. The van der Waals surface area contributed by atoms with E-state index in [0.29, 0.717) is 23.5 Å². The van der Waals surface area contributed by atoms with E-state index in [4.69, 9.17) is 16.3 Å². The summed E-state index contributed by atoms with van der Waals surface area (Å²) in [6.07, 6.45) is 0.837. The van der Waals surface area contributed by atoms with Crippen molar-refractivity contribution in [2.75, 3.05) is 13.7 Å². The van der Waals surface area contributed by atoms with E-state index in [9.17, 15) is 4.39 Å². The highest BCUT2D eigenvalue weighted by Crippen LogP contribution is 2.25. The standard InChI is InChI=1S/C12H13BrClFN2O/c1-18-4-2-3-17-11-6-9(15)8(13)5-10(11)16-12(17)7-14/h5-6H,2-4,7H2,1H3. The Morgan fingerprint density at radius 3 is 2.94 bits per heavy atom. The van der Waals surface area contributed by atoms with Crippen LogP contribution in [0.2, 0.25) is 0 Å². The Hall–Kier alpha value is -0.650. The Labute approximate surface area is 118 Å². The minimum Gasteiger partial charge on any atom is -0.385 e. The fraction of sp³-hybridized carbons (Fsp3) is 0.417. The van der Waals surface area contributed by atoms with Gasteiger partial charge in [-0.15, -0.1) is 11.6 Å². The average Bonchev–Trinajstić information content (AvgIpc) is 2.68. The number of benzene rings is 1. The van der Waals surface area contributed by atoms with Crippen molar-refractivity contribution >= 4 is 38.6 Å². The van der Waals surface area contributed by atoms with E-state index in [1.54, 1.807) is 13.2 Å². The molecular formula is C12H13BrClFN2O. The first kappa shape index (κ1) is 13.8. The van der Waals surface area contributed by atoms with Crippen LogP contribution < -0.4 is 0 Å². The number of nitrogens with zero attached hydrogens (tertiary/aromatic N) is 2. The van der Waals surface area contributed by atoms with Crippen LogP contribution in [-0.4, -0.2) is 23.3 Å². The van der Waals surface area contributed by atoms with Crippen LogP contribution in [0, 0.1) is 5.82 Å². The number of hydrogen-bond donors (Lipinski definition) is 0. The summed E-state index contributed by atoms with van der Waals surface area (Å²) in [4.78, 5) is 4.41. The third-order valence-electron chi connectivity index (χ3n) is 2.72. The number of alkyl halides is 1. The molecule has 0 aliphatic heterocycles. The maximum absolute atomic E-state index is 13.6. The van der Waals surface area contributed by atoms with Crippen molar-refractivity contribution in [3.05, 3.63) is 28.2 Å². The summed E-state index contributed by atoms with van der Waals surface area (Å²) >= 11 is 9.03. The fourth-order valence-corrected chi connectivity index (χ4v) is 2.42. The molecule has 98 valence electrons. The number of methoxy groups -OCH3 is 1. The van der Waals surface area contributed by atoms with Gasteiger partial charge in [0.25, 0.3) is 0 Å². The van der Waals surface area contributed by atoms with Crippen LogP contribution in [0.25, 0.3) is 11.0 Å². The molecule has 2 aromatic rings. The van der Waals surface area contributed by atoms with Gasteiger partial charge in [-0.2, -0.15) is 0 Å². The molecule has 2 rings (SSSR count). The summed E-state index contributed by atoms with van der Waals surface area (Å²) in [7, 11) is 1.66. The first-order valence-electron chi connectivity index (χ1n) is 5.56. The van der Waals surface area contributed by atoms with E-state index in [-0.39, 0.29) is 5.82 Å². The molecule has 6 heteroatoms. The van der Waals surface area contributed by atoms with Crippen molar-refractivity contribution in [2.45, 2.75) is 18.8 Å². The van der Waals surface area contributed by atoms with Crippen molar-refractivity contribution in [1.82, 2.24) is 9.55 Å². The zero-order chi connectivity index (χ0) is 13.1. The Morgan fingerprint density at radius 2 is 2.28 bits per heavy atom. The molecule has 1 heterocycles. The smallest absolute Gasteiger partial charge is 0.139 e. The maximum atomic E-state index is 13.6. The lowest BCUT2D eigenvalue weighted by molar-refractivity contribution is 0.190. The Morgan fingerprint density at radius 1 is 1.50 bits per heavy atom. The van der Waals surface area contributed by atoms with Gasteiger partial charge in [0.15, 0.2) is 0 Å². The first-order chi connectivity index (χ1) is 8.67. The second-order valence-electron chi connectivity index (χ2n) is 3.91. The molecule has 0 aliphatic rings. The van der Waals surface area contributed by atoms with Crippen molar-refractivity contribution in [3.63, 3.8) is 0 Å². The molecule has 0 spiro atoms. The van der Waals surface area contributed by atoms with E-state index in [0.717, 1.165) is 23.3 Å². The topological polar surface area (TPSA) is 27.1 Å². The highest BCUT2D eigenvalue weighted by atomic mass is 79.9. The monoisotopic (exact) mass is 334 g/mol. The molecule has 0 amide bonds. The number of halogens is 3. The second kappa shape index (κ2) is 5.99. The lowest BCUT2D eigenvalue weighted by Gasteiger charge is -2.07. The van der Waals surface area contributed by atoms with Gasteiger partial charge in [0, 0.05) is 26.3 Å². The third kappa shape index (κ3) is 2.68. The number of hydrogen-bond acceptors (Lipinski definition) is 2. The molecule has 0 saturated carbocycles. The molecule has 0 bridgehead atoms. The quantitative estimate of drug-likeness (QED) is 0.615. The molecule has 3 nitrogen and oxygen atoms in total. The van der Waals surface area contributed by atoms with Crippen molar-refractivity contribution in [3.8, 4) is 0 Å². The predicted octanol–water partition coefficient (Wildman–Crippen LogP) is 3.71. The number of aromatic nitrogens is 2. The number of imidazole rings is 1. The number of fused-ring (bicyclic) bond motifs is 1. The van der Waals surface area contributed by atoms with E-state index in [1.165, 1.54) is 6.07 Å². The van der Waals surface area contributed by atoms with Gasteiger partial charge in [-0.1, -0.05) is 0 Å². The summed E-state index contributed by atoms with van der Waals surface area (Å²) in [5, 5.41) is 0. The van der Waals surface area contributed by atoms with Crippen molar-refractivity contribution in [1.29, 1.82) is 0 Å². The van der Waals surface area contributed by atoms with Gasteiger partial charge in [0.05, 0.1) is 21.4 Å². The van der Waals surface area contributed by atoms with Gasteiger partial charge in [0.2, 0.25) is 0 Å².